The summed E-state index contributed by atoms with van der Waals surface area (Å²) in [6.07, 6.45) is 3.16. The number of hydrogen-bond donors (Lipinski definition) is 2. The van der Waals surface area contributed by atoms with E-state index in [2.05, 4.69) is 41.2 Å². The fourth-order valence-corrected chi connectivity index (χ4v) is 2.52. The highest BCUT2D eigenvalue weighted by molar-refractivity contribution is 5.06. The molecular formula is C13H23N3. The molecule has 90 valence electrons. The van der Waals surface area contributed by atoms with Gasteiger partial charge in [0, 0.05) is 50.5 Å². The number of hydrogen-bond acceptors (Lipinski definition) is 2. The highest BCUT2D eigenvalue weighted by Crippen LogP contribution is 2.16. The van der Waals surface area contributed by atoms with Crippen molar-refractivity contribution in [2.24, 2.45) is 5.92 Å². The number of nitrogens with zero attached hydrogens (tertiary/aromatic N) is 1. The number of piperazine rings is 1. The van der Waals surface area contributed by atoms with Crippen molar-refractivity contribution >= 4 is 0 Å². The van der Waals surface area contributed by atoms with Crippen molar-refractivity contribution in [1.29, 1.82) is 0 Å². The number of aromatic nitrogens is 1. The Morgan fingerprint density at radius 1 is 1.31 bits per heavy atom. The lowest BCUT2D eigenvalue weighted by Gasteiger charge is -2.37. The normalized spacial score (nSPS) is 20.2. The fourth-order valence-electron chi connectivity index (χ4n) is 2.52. The van der Waals surface area contributed by atoms with E-state index < -0.39 is 0 Å². The van der Waals surface area contributed by atoms with Gasteiger partial charge in [-0.15, -0.1) is 0 Å². The molecule has 1 unspecified atom stereocenters. The summed E-state index contributed by atoms with van der Waals surface area (Å²) >= 11 is 0. The molecule has 0 bridgehead atoms. The number of H-pyrrole nitrogens is 1. The van der Waals surface area contributed by atoms with Gasteiger partial charge >= 0.3 is 0 Å². The lowest BCUT2D eigenvalue weighted by Crippen LogP contribution is -2.50. The summed E-state index contributed by atoms with van der Waals surface area (Å²) in [4.78, 5) is 5.95. The molecule has 1 fully saturated rings. The molecule has 0 spiro atoms. The lowest BCUT2D eigenvalue weighted by molar-refractivity contribution is 0.135. The van der Waals surface area contributed by atoms with E-state index in [0.717, 1.165) is 19.5 Å². The Morgan fingerprint density at radius 2 is 2.06 bits per heavy atom. The predicted octanol–water partition coefficient (Wildman–Crippen LogP) is 1.49. The summed E-state index contributed by atoms with van der Waals surface area (Å²) < 4.78 is 0. The summed E-state index contributed by atoms with van der Waals surface area (Å²) in [7, 11) is 0. The van der Waals surface area contributed by atoms with Gasteiger partial charge < -0.3 is 10.3 Å². The first-order valence-corrected chi connectivity index (χ1v) is 6.34. The summed E-state index contributed by atoms with van der Waals surface area (Å²) in [6, 6.07) is 4.95. The molecule has 1 saturated heterocycles. The van der Waals surface area contributed by atoms with Gasteiger partial charge in [0.1, 0.15) is 0 Å². The third kappa shape index (κ3) is 2.86. The van der Waals surface area contributed by atoms with Gasteiger partial charge in [-0.25, -0.2) is 0 Å². The molecule has 1 aliphatic heterocycles. The molecule has 0 aliphatic carbocycles. The largest absolute Gasteiger partial charge is 0.365 e. The van der Waals surface area contributed by atoms with E-state index in [0.29, 0.717) is 12.0 Å². The molecule has 1 aromatic heterocycles. The molecule has 3 nitrogen and oxygen atoms in total. The van der Waals surface area contributed by atoms with Crippen LogP contribution in [0.2, 0.25) is 0 Å². The van der Waals surface area contributed by atoms with Gasteiger partial charge in [0.05, 0.1) is 0 Å². The summed E-state index contributed by atoms with van der Waals surface area (Å²) in [5, 5.41) is 3.42. The van der Waals surface area contributed by atoms with Gasteiger partial charge in [0.25, 0.3) is 0 Å². The molecule has 1 atom stereocenters. The fraction of sp³-hybridized carbons (Fsp3) is 0.692. The van der Waals surface area contributed by atoms with E-state index in [1.165, 1.54) is 18.8 Å². The van der Waals surface area contributed by atoms with E-state index in [4.69, 9.17) is 0 Å². The van der Waals surface area contributed by atoms with Crippen LogP contribution in [0.4, 0.5) is 0 Å². The van der Waals surface area contributed by atoms with Gasteiger partial charge in [-0.3, -0.25) is 4.90 Å². The highest BCUT2D eigenvalue weighted by atomic mass is 15.2. The number of rotatable bonds is 4. The average Bonchev–Trinajstić information content (AvgIpc) is 2.79. The quantitative estimate of drug-likeness (QED) is 0.807. The van der Waals surface area contributed by atoms with Gasteiger partial charge in [0.15, 0.2) is 0 Å². The van der Waals surface area contributed by atoms with E-state index in [1.54, 1.807) is 0 Å². The van der Waals surface area contributed by atoms with Crippen LogP contribution in [-0.2, 0) is 6.42 Å². The van der Waals surface area contributed by atoms with E-state index >= 15 is 0 Å². The summed E-state index contributed by atoms with van der Waals surface area (Å²) in [5.41, 5.74) is 1.36. The Balaban J connectivity index is 1.98. The first kappa shape index (κ1) is 11.7. The van der Waals surface area contributed by atoms with Gasteiger partial charge in [0.2, 0.25) is 0 Å². The van der Waals surface area contributed by atoms with Crippen LogP contribution < -0.4 is 5.32 Å². The summed E-state index contributed by atoms with van der Waals surface area (Å²) in [6.45, 7) is 9.29. The zero-order valence-corrected chi connectivity index (χ0v) is 10.4. The molecule has 3 heteroatoms. The van der Waals surface area contributed by atoms with Crippen molar-refractivity contribution in [2.75, 3.05) is 26.2 Å². The van der Waals surface area contributed by atoms with Crippen LogP contribution in [0, 0.1) is 5.92 Å². The summed E-state index contributed by atoms with van der Waals surface area (Å²) in [5.74, 6) is 0.710. The lowest BCUT2D eigenvalue weighted by atomic mass is 9.97. The molecule has 2 N–H and O–H groups in total. The van der Waals surface area contributed by atoms with E-state index in [1.807, 2.05) is 6.20 Å². The second-order valence-corrected chi connectivity index (χ2v) is 5.00. The maximum atomic E-state index is 3.42. The van der Waals surface area contributed by atoms with Crippen molar-refractivity contribution < 1.29 is 0 Å². The van der Waals surface area contributed by atoms with Crippen molar-refractivity contribution in [1.82, 2.24) is 15.2 Å². The Kier molecular flexibility index (Phi) is 4.02. The molecule has 16 heavy (non-hydrogen) atoms. The predicted molar refractivity (Wildman–Crippen MR) is 67.6 cm³/mol. The number of aromatic amines is 1. The van der Waals surface area contributed by atoms with Crippen LogP contribution in [0.25, 0.3) is 0 Å². The highest BCUT2D eigenvalue weighted by Gasteiger charge is 2.23. The molecular weight excluding hydrogens is 198 g/mol. The van der Waals surface area contributed by atoms with Crippen LogP contribution >= 0.6 is 0 Å². The third-order valence-corrected chi connectivity index (χ3v) is 3.48. The van der Waals surface area contributed by atoms with Gasteiger partial charge in [-0.05, 0) is 18.1 Å². The SMILES string of the molecule is CC(C)C(Cc1ccc[nH]1)N1CCNCC1. The Morgan fingerprint density at radius 3 is 2.62 bits per heavy atom. The standard InChI is InChI=1S/C13H23N3/c1-11(2)13(10-12-4-3-5-15-12)16-8-6-14-7-9-16/h3-5,11,13-15H,6-10H2,1-2H3. The molecule has 2 rings (SSSR count). The Hall–Kier alpha value is -0.800. The number of nitrogens with one attached hydrogen (secondary N) is 2. The molecule has 0 aromatic carbocycles. The van der Waals surface area contributed by atoms with Crippen LogP contribution in [0.3, 0.4) is 0 Å². The van der Waals surface area contributed by atoms with Crippen molar-refractivity contribution in [3.63, 3.8) is 0 Å². The van der Waals surface area contributed by atoms with Crippen LogP contribution in [0.15, 0.2) is 18.3 Å². The minimum absolute atomic E-state index is 0.667. The Labute approximate surface area is 98.2 Å². The topological polar surface area (TPSA) is 31.1 Å². The molecule has 0 saturated carbocycles. The molecule has 0 radical (unpaired) electrons. The second kappa shape index (κ2) is 5.51. The van der Waals surface area contributed by atoms with Crippen LogP contribution in [-0.4, -0.2) is 42.1 Å². The average molecular weight is 221 g/mol. The maximum Gasteiger partial charge on any atom is 0.0174 e. The molecule has 2 heterocycles. The first-order valence-electron chi connectivity index (χ1n) is 6.34. The van der Waals surface area contributed by atoms with Gasteiger partial charge in [-0.2, -0.15) is 0 Å². The zero-order chi connectivity index (χ0) is 11.4. The molecule has 1 aliphatic rings. The zero-order valence-electron chi connectivity index (χ0n) is 10.4. The van der Waals surface area contributed by atoms with Crippen molar-refractivity contribution in [2.45, 2.75) is 26.3 Å². The van der Waals surface area contributed by atoms with Crippen LogP contribution in [0.1, 0.15) is 19.5 Å². The van der Waals surface area contributed by atoms with Crippen LogP contribution in [0.5, 0.6) is 0 Å². The monoisotopic (exact) mass is 221 g/mol. The minimum Gasteiger partial charge on any atom is -0.365 e. The maximum absolute atomic E-state index is 3.42. The van der Waals surface area contributed by atoms with Gasteiger partial charge in [-0.1, -0.05) is 13.8 Å². The van der Waals surface area contributed by atoms with Crippen molar-refractivity contribution in [3.8, 4) is 0 Å². The second-order valence-electron chi connectivity index (χ2n) is 5.00. The van der Waals surface area contributed by atoms with E-state index in [-0.39, 0.29) is 0 Å². The smallest absolute Gasteiger partial charge is 0.0174 e. The Bertz CT molecular complexity index is 286. The minimum atomic E-state index is 0.667. The molecule has 0 amide bonds. The van der Waals surface area contributed by atoms with Crippen molar-refractivity contribution in [3.05, 3.63) is 24.0 Å². The van der Waals surface area contributed by atoms with E-state index in [9.17, 15) is 0 Å². The molecule has 1 aromatic rings. The first-order chi connectivity index (χ1) is 7.77. The third-order valence-electron chi connectivity index (χ3n) is 3.48.